The maximum absolute atomic E-state index is 12.4. The van der Waals surface area contributed by atoms with E-state index in [-0.39, 0.29) is 11.4 Å². The van der Waals surface area contributed by atoms with Gasteiger partial charge in [0.2, 0.25) is 5.69 Å². The average molecular weight is 396 g/mol. The van der Waals surface area contributed by atoms with Gasteiger partial charge in [0.25, 0.3) is 0 Å². The molecule has 0 aliphatic heterocycles. The molecule has 0 N–H and O–H groups in total. The largest absolute Gasteiger partial charge is 0.493 e. The zero-order chi connectivity index (χ0) is 20.1. The van der Waals surface area contributed by atoms with Crippen LogP contribution in [0.1, 0.15) is 27.1 Å². The minimum absolute atomic E-state index is 0.0576. The molecule has 1 atom stereocenters. The number of methoxy groups -OCH3 is 1. The predicted molar refractivity (Wildman–Crippen MR) is 101 cm³/mol. The van der Waals surface area contributed by atoms with E-state index in [1.165, 1.54) is 23.1 Å². The third-order valence-electron chi connectivity index (χ3n) is 3.79. The minimum atomic E-state index is -1.07. The number of carbonyl (C=O) groups excluding carboxylic acids is 2. The van der Waals surface area contributed by atoms with Crippen LogP contribution in [0, 0.1) is 18.3 Å². The van der Waals surface area contributed by atoms with Crippen molar-refractivity contribution >= 4 is 23.1 Å². The SMILES string of the molecule is COc1cn(-c2ccccc2)nc1C(=O)OCC(=O)[C@H](C#N)c1nc(C)cs1. The average Bonchev–Trinajstić information content (AvgIpc) is 3.34. The molecule has 8 nitrogen and oxygen atoms in total. The molecule has 0 amide bonds. The van der Waals surface area contributed by atoms with Gasteiger partial charge in [0.05, 0.1) is 25.1 Å². The van der Waals surface area contributed by atoms with Crippen molar-refractivity contribution in [3.8, 4) is 17.5 Å². The van der Waals surface area contributed by atoms with Gasteiger partial charge in [0.15, 0.2) is 24.1 Å². The number of nitrogens with zero attached hydrogens (tertiary/aromatic N) is 4. The highest BCUT2D eigenvalue weighted by atomic mass is 32.1. The fourth-order valence-corrected chi connectivity index (χ4v) is 3.28. The number of ether oxygens (including phenoxy) is 2. The summed E-state index contributed by atoms with van der Waals surface area (Å²) in [7, 11) is 1.41. The lowest BCUT2D eigenvalue weighted by molar-refractivity contribution is -0.122. The fraction of sp³-hybridized carbons (Fsp3) is 0.211. The first kappa shape index (κ1) is 19.3. The van der Waals surface area contributed by atoms with E-state index in [0.717, 1.165) is 11.4 Å². The number of esters is 1. The standard InChI is InChI=1S/C19H16N4O4S/c1-12-11-28-18(21-12)14(8-20)15(24)10-27-19(25)17-16(26-2)9-23(22-17)13-6-4-3-5-7-13/h3-7,9,11,14H,10H2,1-2H3/t14-/m0/s1. The summed E-state index contributed by atoms with van der Waals surface area (Å²) in [5, 5.41) is 15.6. The number of ketones is 1. The lowest BCUT2D eigenvalue weighted by atomic mass is 10.1. The molecular formula is C19H16N4O4S. The predicted octanol–water partition coefficient (Wildman–Crippen LogP) is 2.68. The summed E-state index contributed by atoms with van der Waals surface area (Å²) in [6, 6.07) is 11.1. The van der Waals surface area contributed by atoms with E-state index in [1.807, 2.05) is 36.4 Å². The van der Waals surface area contributed by atoms with Gasteiger partial charge in [-0.2, -0.15) is 10.4 Å². The molecule has 0 spiro atoms. The summed E-state index contributed by atoms with van der Waals surface area (Å²) in [6.07, 6.45) is 1.55. The van der Waals surface area contributed by atoms with Gasteiger partial charge in [0, 0.05) is 11.1 Å². The summed E-state index contributed by atoms with van der Waals surface area (Å²) < 4.78 is 11.7. The topological polar surface area (TPSA) is 107 Å². The van der Waals surface area contributed by atoms with Crippen LogP contribution < -0.4 is 4.74 Å². The van der Waals surface area contributed by atoms with E-state index in [4.69, 9.17) is 9.47 Å². The smallest absolute Gasteiger partial charge is 0.363 e. The second-order valence-corrected chi connectivity index (χ2v) is 6.65. The van der Waals surface area contributed by atoms with E-state index in [2.05, 4.69) is 10.1 Å². The maximum atomic E-state index is 12.4. The second kappa shape index (κ2) is 8.45. The molecule has 3 rings (SSSR count). The molecule has 1 aromatic carbocycles. The Hall–Kier alpha value is -3.51. The molecular weight excluding hydrogens is 380 g/mol. The lowest BCUT2D eigenvalue weighted by Crippen LogP contribution is -2.20. The number of benzene rings is 1. The first-order valence-electron chi connectivity index (χ1n) is 8.24. The highest BCUT2D eigenvalue weighted by Crippen LogP contribution is 2.22. The minimum Gasteiger partial charge on any atom is -0.493 e. The number of rotatable bonds is 7. The van der Waals surface area contributed by atoms with Gasteiger partial charge >= 0.3 is 5.97 Å². The summed E-state index contributed by atoms with van der Waals surface area (Å²) in [5.41, 5.74) is 1.40. The molecule has 0 saturated heterocycles. The molecule has 0 aliphatic carbocycles. The molecule has 2 aromatic heterocycles. The molecule has 0 fully saturated rings. The van der Waals surface area contributed by atoms with Crippen LogP contribution in [0.5, 0.6) is 5.75 Å². The highest BCUT2D eigenvalue weighted by Gasteiger charge is 2.26. The summed E-state index contributed by atoms with van der Waals surface area (Å²) >= 11 is 1.22. The Balaban J connectivity index is 1.72. The van der Waals surface area contributed by atoms with Crippen molar-refractivity contribution in [3.63, 3.8) is 0 Å². The number of nitriles is 1. The summed E-state index contributed by atoms with van der Waals surface area (Å²) in [5.74, 6) is -2.22. The van der Waals surface area contributed by atoms with Crippen molar-refractivity contribution in [1.29, 1.82) is 5.26 Å². The first-order chi connectivity index (χ1) is 13.5. The first-order valence-corrected chi connectivity index (χ1v) is 9.12. The fourth-order valence-electron chi connectivity index (χ4n) is 2.42. The van der Waals surface area contributed by atoms with Gasteiger partial charge in [-0.25, -0.2) is 14.5 Å². The van der Waals surface area contributed by atoms with Crippen molar-refractivity contribution in [2.24, 2.45) is 0 Å². The van der Waals surface area contributed by atoms with Gasteiger partial charge in [-0.15, -0.1) is 11.3 Å². The molecule has 3 aromatic rings. The Kier molecular flexibility index (Phi) is 5.81. The lowest BCUT2D eigenvalue weighted by Gasteiger charge is -2.06. The zero-order valence-corrected chi connectivity index (χ0v) is 16.0. The maximum Gasteiger partial charge on any atom is 0.363 e. The Labute approximate surface area is 165 Å². The molecule has 0 radical (unpaired) electrons. The number of aromatic nitrogens is 3. The van der Waals surface area contributed by atoms with E-state index in [0.29, 0.717) is 5.01 Å². The van der Waals surface area contributed by atoms with Gasteiger partial charge < -0.3 is 9.47 Å². The third-order valence-corrected chi connectivity index (χ3v) is 4.82. The molecule has 0 unspecified atom stereocenters. The number of hydrogen-bond acceptors (Lipinski definition) is 8. The van der Waals surface area contributed by atoms with Crippen LogP contribution in [0.15, 0.2) is 41.9 Å². The summed E-state index contributed by atoms with van der Waals surface area (Å²) in [4.78, 5) is 28.9. The van der Waals surface area contributed by atoms with Crippen molar-refractivity contribution in [3.05, 3.63) is 58.3 Å². The number of thiazole rings is 1. The Morgan fingerprint density at radius 2 is 2.07 bits per heavy atom. The van der Waals surface area contributed by atoms with Crippen LogP contribution in [0.25, 0.3) is 5.69 Å². The van der Waals surface area contributed by atoms with Crippen molar-refractivity contribution in [2.45, 2.75) is 12.8 Å². The highest BCUT2D eigenvalue weighted by molar-refractivity contribution is 7.09. The molecule has 0 bridgehead atoms. The van der Waals surface area contributed by atoms with Gasteiger partial charge in [-0.05, 0) is 19.1 Å². The second-order valence-electron chi connectivity index (χ2n) is 5.76. The molecule has 142 valence electrons. The van der Waals surface area contributed by atoms with Crippen LogP contribution in [-0.4, -0.2) is 40.2 Å². The molecule has 0 saturated carbocycles. The van der Waals surface area contributed by atoms with Crippen molar-refractivity contribution in [2.75, 3.05) is 13.7 Å². The van der Waals surface area contributed by atoms with E-state index < -0.39 is 24.3 Å². The van der Waals surface area contributed by atoms with Crippen LogP contribution in [0.3, 0.4) is 0 Å². The summed E-state index contributed by atoms with van der Waals surface area (Å²) in [6.45, 7) is 1.21. The van der Waals surface area contributed by atoms with E-state index in [9.17, 15) is 14.9 Å². The molecule has 0 aliphatic rings. The van der Waals surface area contributed by atoms with Crippen molar-refractivity contribution in [1.82, 2.24) is 14.8 Å². The third kappa shape index (κ3) is 4.07. The Morgan fingerprint density at radius 1 is 1.32 bits per heavy atom. The number of para-hydroxylation sites is 1. The van der Waals surface area contributed by atoms with Gasteiger partial charge in [0.1, 0.15) is 5.01 Å². The van der Waals surface area contributed by atoms with Gasteiger partial charge in [-0.1, -0.05) is 18.2 Å². The number of aryl methyl sites for hydroxylation is 1. The van der Waals surface area contributed by atoms with E-state index in [1.54, 1.807) is 18.5 Å². The van der Waals surface area contributed by atoms with Crippen LogP contribution in [0.2, 0.25) is 0 Å². The number of carbonyl (C=O) groups is 2. The van der Waals surface area contributed by atoms with Crippen LogP contribution in [0.4, 0.5) is 0 Å². The van der Waals surface area contributed by atoms with Gasteiger partial charge in [-0.3, -0.25) is 4.79 Å². The van der Waals surface area contributed by atoms with E-state index >= 15 is 0 Å². The monoisotopic (exact) mass is 396 g/mol. The number of Topliss-reactive ketones (excluding diaryl/α,β-unsaturated/α-hetero) is 1. The zero-order valence-electron chi connectivity index (χ0n) is 15.2. The molecule has 2 heterocycles. The quantitative estimate of drug-likeness (QED) is 0.565. The van der Waals surface area contributed by atoms with Crippen molar-refractivity contribution < 1.29 is 19.1 Å². The molecule has 9 heteroatoms. The van der Waals surface area contributed by atoms with Crippen LogP contribution >= 0.6 is 11.3 Å². The Morgan fingerprint density at radius 3 is 2.68 bits per heavy atom. The number of hydrogen-bond donors (Lipinski definition) is 0. The Bertz CT molecular complexity index is 1040. The normalized spacial score (nSPS) is 11.5. The van der Waals surface area contributed by atoms with Crippen LogP contribution in [-0.2, 0) is 9.53 Å². The molecule has 28 heavy (non-hydrogen) atoms.